The molecule has 1 saturated heterocycles. The van der Waals surface area contributed by atoms with Gasteiger partial charge in [0.1, 0.15) is 0 Å². The molecule has 0 spiro atoms. The van der Waals surface area contributed by atoms with E-state index in [1.54, 1.807) is 11.9 Å². The van der Waals surface area contributed by atoms with E-state index in [1.165, 1.54) is 0 Å². The Labute approximate surface area is 123 Å². The Morgan fingerprint density at radius 3 is 2.81 bits per heavy atom. The van der Waals surface area contributed by atoms with Gasteiger partial charge in [0.25, 0.3) is 0 Å². The minimum Gasteiger partial charge on any atom is -0.373 e. The molecule has 1 aliphatic carbocycles. The second kappa shape index (κ2) is 6.96. The predicted molar refractivity (Wildman–Crippen MR) is 71.7 cm³/mol. The highest BCUT2D eigenvalue weighted by atomic mass is 19.4. The van der Waals surface area contributed by atoms with Crippen molar-refractivity contribution in [2.24, 2.45) is 11.8 Å². The molecule has 1 heterocycles. The summed E-state index contributed by atoms with van der Waals surface area (Å²) >= 11 is 0. The average Bonchev–Trinajstić information content (AvgIpc) is 2.46. The first-order valence-corrected chi connectivity index (χ1v) is 7.53. The van der Waals surface area contributed by atoms with Crippen LogP contribution in [0.3, 0.4) is 0 Å². The molecule has 0 radical (unpaired) electrons. The Morgan fingerprint density at radius 1 is 1.38 bits per heavy atom. The number of amides is 1. The standard InChI is InChI=1S/C14H23F3N2O2/c1-18-8-12-9-19(5-6-21-12)13(20)10-3-2-4-11(7-10)14(15,16)17/h10-12,18H,2-9H2,1H3. The number of carbonyl (C=O) groups excluding carboxylic acids is 1. The van der Waals surface area contributed by atoms with E-state index in [9.17, 15) is 18.0 Å². The van der Waals surface area contributed by atoms with Crippen LogP contribution in [-0.4, -0.2) is 56.4 Å². The van der Waals surface area contributed by atoms with Gasteiger partial charge in [-0.05, 0) is 26.3 Å². The SMILES string of the molecule is CNCC1CN(C(=O)C2CCCC(C(F)(F)F)C2)CCO1. The molecule has 0 aromatic carbocycles. The number of hydrogen-bond acceptors (Lipinski definition) is 3. The molecular formula is C14H23F3N2O2. The molecule has 1 saturated carbocycles. The Kier molecular flexibility index (Phi) is 5.48. The number of ether oxygens (including phenoxy) is 1. The number of halogens is 3. The third-order valence-electron chi connectivity index (χ3n) is 4.37. The van der Waals surface area contributed by atoms with Crippen molar-refractivity contribution in [3.63, 3.8) is 0 Å². The quantitative estimate of drug-likeness (QED) is 0.864. The first-order valence-electron chi connectivity index (χ1n) is 7.53. The number of likely N-dealkylation sites (N-methyl/N-ethyl adjacent to an activating group) is 1. The van der Waals surface area contributed by atoms with Gasteiger partial charge >= 0.3 is 6.18 Å². The number of carbonyl (C=O) groups is 1. The lowest BCUT2D eigenvalue weighted by atomic mass is 9.80. The van der Waals surface area contributed by atoms with Crippen molar-refractivity contribution in [2.75, 3.05) is 33.3 Å². The van der Waals surface area contributed by atoms with Gasteiger partial charge in [0, 0.05) is 25.6 Å². The number of rotatable bonds is 3. The van der Waals surface area contributed by atoms with Crippen LogP contribution in [0.4, 0.5) is 13.2 Å². The summed E-state index contributed by atoms with van der Waals surface area (Å²) in [5, 5.41) is 2.99. The molecule has 4 nitrogen and oxygen atoms in total. The van der Waals surface area contributed by atoms with Crippen molar-refractivity contribution in [1.29, 1.82) is 0 Å². The Morgan fingerprint density at radius 2 is 2.14 bits per heavy atom. The number of nitrogens with zero attached hydrogens (tertiary/aromatic N) is 1. The molecule has 0 aromatic rings. The highest BCUT2D eigenvalue weighted by Gasteiger charge is 2.44. The zero-order valence-corrected chi connectivity index (χ0v) is 12.3. The van der Waals surface area contributed by atoms with Crippen molar-refractivity contribution >= 4 is 5.91 Å². The van der Waals surface area contributed by atoms with Crippen LogP contribution in [0.15, 0.2) is 0 Å². The van der Waals surface area contributed by atoms with Crippen molar-refractivity contribution in [2.45, 2.75) is 38.0 Å². The van der Waals surface area contributed by atoms with E-state index in [4.69, 9.17) is 4.74 Å². The van der Waals surface area contributed by atoms with E-state index in [1.807, 2.05) is 0 Å². The molecule has 3 unspecified atom stereocenters. The fourth-order valence-corrected chi connectivity index (χ4v) is 3.24. The number of morpholine rings is 1. The summed E-state index contributed by atoms with van der Waals surface area (Å²) in [5.74, 6) is -1.94. The zero-order chi connectivity index (χ0) is 15.5. The monoisotopic (exact) mass is 308 g/mol. The van der Waals surface area contributed by atoms with Gasteiger partial charge in [0.15, 0.2) is 0 Å². The van der Waals surface area contributed by atoms with E-state index >= 15 is 0 Å². The predicted octanol–water partition coefficient (Wildman–Crippen LogP) is 1.80. The van der Waals surface area contributed by atoms with E-state index in [2.05, 4.69) is 5.32 Å². The first-order chi connectivity index (χ1) is 9.91. The summed E-state index contributed by atoms with van der Waals surface area (Å²) < 4.78 is 44.0. The van der Waals surface area contributed by atoms with E-state index in [0.717, 1.165) is 0 Å². The number of hydrogen-bond donors (Lipinski definition) is 1. The maximum absolute atomic E-state index is 12.8. The van der Waals surface area contributed by atoms with Crippen LogP contribution in [0.25, 0.3) is 0 Å². The number of nitrogens with one attached hydrogen (secondary N) is 1. The fraction of sp³-hybridized carbons (Fsp3) is 0.929. The summed E-state index contributed by atoms with van der Waals surface area (Å²) in [5.41, 5.74) is 0. The summed E-state index contributed by atoms with van der Waals surface area (Å²) in [6.07, 6.45) is -3.12. The lowest BCUT2D eigenvalue weighted by molar-refractivity contribution is -0.187. The summed E-state index contributed by atoms with van der Waals surface area (Å²) in [6, 6.07) is 0. The summed E-state index contributed by atoms with van der Waals surface area (Å²) in [4.78, 5) is 14.1. The van der Waals surface area contributed by atoms with Crippen molar-refractivity contribution in [3.8, 4) is 0 Å². The van der Waals surface area contributed by atoms with E-state index in [-0.39, 0.29) is 24.9 Å². The second-order valence-electron chi connectivity index (χ2n) is 5.94. The van der Waals surface area contributed by atoms with Crippen molar-refractivity contribution in [1.82, 2.24) is 10.2 Å². The molecule has 1 amide bonds. The minimum absolute atomic E-state index is 0.0591. The van der Waals surface area contributed by atoms with Crippen LogP contribution in [0.1, 0.15) is 25.7 Å². The van der Waals surface area contributed by atoms with Crippen LogP contribution < -0.4 is 5.32 Å². The smallest absolute Gasteiger partial charge is 0.373 e. The Bertz CT molecular complexity index is 361. The van der Waals surface area contributed by atoms with Gasteiger partial charge in [-0.15, -0.1) is 0 Å². The maximum atomic E-state index is 12.8. The molecule has 1 N–H and O–H groups in total. The molecule has 7 heteroatoms. The normalized spacial score (nSPS) is 31.2. The molecule has 3 atom stereocenters. The van der Waals surface area contributed by atoms with Crippen LogP contribution >= 0.6 is 0 Å². The van der Waals surface area contributed by atoms with Crippen LogP contribution in [0.2, 0.25) is 0 Å². The van der Waals surface area contributed by atoms with Crippen molar-refractivity contribution in [3.05, 3.63) is 0 Å². The van der Waals surface area contributed by atoms with Crippen LogP contribution in [-0.2, 0) is 9.53 Å². The molecule has 122 valence electrons. The van der Waals surface area contributed by atoms with Gasteiger partial charge in [-0.25, -0.2) is 0 Å². The van der Waals surface area contributed by atoms with Crippen molar-refractivity contribution < 1.29 is 22.7 Å². The number of alkyl halides is 3. The third kappa shape index (κ3) is 4.32. The lowest BCUT2D eigenvalue weighted by Gasteiger charge is -2.37. The first kappa shape index (κ1) is 16.5. The van der Waals surface area contributed by atoms with Crippen LogP contribution in [0, 0.1) is 11.8 Å². The molecule has 2 aliphatic rings. The highest BCUT2D eigenvalue weighted by molar-refractivity contribution is 5.79. The van der Waals surface area contributed by atoms with E-state index < -0.39 is 18.0 Å². The summed E-state index contributed by atoms with van der Waals surface area (Å²) in [6.45, 7) is 2.03. The zero-order valence-electron chi connectivity index (χ0n) is 12.3. The molecule has 0 aromatic heterocycles. The lowest BCUT2D eigenvalue weighted by Crippen LogP contribution is -2.51. The van der Waals surface area contributed by atoms with Gasteiger partial charge in [-0.3, -0.25) is 4.79 Å². The molecule has 0 bridgehead atoms. The van der Waals surface area contributed by atoms with Gasteiger partial charge in [0.05, 0.1) is 18.6 Å². The summed E-state index contributed by atoms with van der Waals surface area (Å²) in [7, 11) is 1.80. The molecular weight excluding hydrogens is 285 g/mol. The van der Waals surface area contributed by atoms with E-state index in [0.29, 0.717) is 39.1 Å². The van der Waals surface area contributed by atoms with Gasteiger partial charge in [-0.1, -0.05) is 6.42 Å². The fourth-order valence-electron chi connectivity index (χ4n) is 3.24. The minimum atomic E-state index is -4.18. The highest BCUT2D eigenvalue weighted by Crippen LogP contribution is 2.40. The van der Waals surface area contributed by atoms with Gasteiger partial charge in [0.2, 0.25) is 5.91 Å². The Balaban J connectivity index is 1.92. The van der Waals surface area contributed by atoms with Gasteiger partial charge in [-0.2, -0.15) is 13.2 Å². The Hall–Kier alpha value is -0.820. The largest absolute Gasteiger partial charge is 0.391 e. The topological polar surface area (TPSA) is 41.6 Å². The second-order valence-corrected chi connectivity index (χ2v) is 5.94. The maximum Gasteiger partial charge on any atom is 0.391 e. The molecule has 21 heavy (non-hydrogen) atoms. The molecule has 1 aliphatic heterocycles. The molecule has 2 rings (SSSR count). The average molecular weight is 308 g/mol. The van der Waals surface area contributed by atoms with Crippen LogP contribution in [0.5, 0.6) is 0 Å². The van der Waals surface area contributed by atoms with Gasteiger partial charge < -0.3 is 15.0 Å². The third-order valence-corrected chi connectivity index (χ3v) is 4.37. The molecule has 2 fully saturated rings.